The van der Waals surface area contributed by atoms with Gasteiger partial charge in [0.1, 0.15) is 0 Å². The zero-order chi connectivity index (χ0) is 36.6. The molecular weight excluding hydrogens is 667 g/mol. The van der Waals surface area contributed by atoms with E-state index in [-0.39, 0.29) is 0 Å². The first kappa shape index (κ1) is 32.3. The fraction of sp³-hybridized carbons (Fsp3) is 0.0192. The molecule has 10 rings (SSSR count). The number of hydrogen-bond donors (Lipinski definition) is 0. The predicted octanol–water partition coefficient (Wildman–Crippen LogP) is 12.2. The first-order valence-corrected chi connectivity index (χ1v) is 18.5. The summed E-state index contributed by atoms with van der Waals surface area (Å²) in [6.07, 6.45) is 0. The summed E-state index contributed by atoms with van der Waals surface area (Å²) in [4.78, 5) is 14.9. The van der Waals surface area contributed by atoms with Gasteiger partial charge in [0, 0.05) is 16.7 Å². The maximum Gasteiger partial charge on any atom is 0.164 e. The van der Waals surface area contributed by atoms with Crippen molar-refractivity contribution in [1.29, 1.82) is 0 Å². The fourth-order valence-corrected chi connectivity index (χ4v) is 8.17. The molecule has 256 valence electrons. The zero-order valence-corrected chi connectivity index (χ0v) is 29.9. The Balaban J connectivity index is 1.08. The van der Waals surface area contributed by atoms with Crippen LogP contribution in [0.4, 0.5) is 0 Å². The van der Waals surface area contributed by atoms with Gasteiger partial charge in [0.15, 0.2) is 17.5 Å². The topological polar surface area (TPSA) is 38.7 Å². The Hall–Kier alpha value is -7.41. The van der Waals surface area contributed by atoms with Crippen LogP contribution < -0.4 is 0 Å². The van der Waals surface area contributed by atoms with E-state index in [0.29, 0.717) is 17.5 Å². The molecule has 8 aromatic carbocycles. The van der Waals surface area contributed by atoms with Gasteiger partial charge in [-0.2, -0.15) is 0 Å². The summed E-state index contributed by atoms with van der Waals surface area (Å²) in [5.74, 6) is 1.93. The molecule has 1 unspecified atom stereocenters. The van der Waals surface area contributed by atoms with Gasteiger partial charge in [-0.3, -0.25) is 0 Å². The molecular formula is C52H33N3. The molecule has 0 saturated carbocycles. The van der Waals surface area contributed by atoms with Crippen LogP contribution in [0.1, 0.15) is 22.3 Å². The predicted molar refractivity (Wildman–Crippen MR) is 222 cm³/mol. The first-order chi connectivity index (χ1) is 27.3. The second-order valence-electron chi connectivity index (χ2n) is 13.8. The van der Waals surface area contributed by atoms with E-state index in [9.17, 15) is 0 Å². The van der Waals surface area contributed by atoms with E-state index in [1.807, 2.05) is 66.7 Å². The Morgan fingerprint density at radius 2 is 0.818 bits per heavy atom. The van der Waals surface area contributed by atoms with Gasteiger partial charge in [-0.25, -0.2) is 15.0 Å². The number of fused-ring (bicyclic) bond motifs is 3. The fourth-order valence-electron chi connectivity index (χ4n) is 8.17. The van der Waals surface area contributed by atoms with Gasteiger partial charge in [-0.15, -0.1) is 0 Å². The summed E-state index contributed by atoms with van der Waals surface area (Å²) in [6, 6.07) is 76.8. The Labute approximate surface area is 321 Å². The lowest BCUT2D eigenvalue weighted by atomic mass is 9.67. The second-order valence-corrected chi connectivity index (χ2v) is 13.8. The zero-order valence-electron chi connectivity index (χ0n) is 29.9. The third-order valence-electron chi connectivity index (χ3n) is 10.7. The van der Waals surface area contributed by atoms with Crippen LogP contribution >= 0.6 is 0 Å². The average molecular weight is 700 g/mol. The largest absolute Gasteiger partial charge is 0.208 e. The Morgan fingerprint density at radius 1 is 0.327 bits per heavy atom. The third kappa shape index (κ3) is 5.60. The molecule has 3 heteroatoms. The van der Waals surface area contributed by atoms with Crippen molar-refractivity contribution in [3.8, 4) is 67.5 Å². The van der Waals surface area contributed by atoms with Crippen LogP contribution in [0, 0.1) is 12.1 Å². The Kier molecular flexibility index (Phi) is 7.94. The highest BCUT2D eigenvalue weighted by Gasteiger charge is 2.46. The Morgan fingerprint density at radius 3 is 1.44 bits per heavy atom. The number of hydrogen-bond acceptors (Lipinski definition) is 3. The van der Waals surface area contributed by atoms with Crippen LogP contribution in [0.25, 0.3) is 67.5 Å². The van der Waals surface area contributed by atoms with Crippen molar-refractivity contribution in [3.63, 3.8) is 0 Å². The molecule has 0 aliphatic heterocycles. The first-order valence-electron chi connectivity index (χ1n) is 18.5. The molecule has 3 nitrogen and oxygen atoms in total. The molecule has 1 atom stereocenters. The van der Waals surface area contributed by atoms with Gasteiger partial charge in [0.05, 0.1) is 5.41 Å². The lowest BCUT2D eigenvalue weighted by molar-refractivity contribution is 0.769. The van der Waals surface area contributed by atoms with Crippen molar-refractivity contribution in [2.75, 3.05) is 0 Å². The van der Waals surface area contributed by atoms with E-state index < -0.39 is 5.41 Å². The lowest BCUT2D eigenvalue weighted by Crippen LogP contribution is -2.28. The molecule has 1 heterocycles. The highest BCUT2D eigenvalue weighted by Crippen LogP contribution is 2.56. The number of nitrogens with zero attached hydrogens (tertiary/aromatic N) is 3. The highest BCUT2D eigenvalue weighted by atomic mass is 15.0. The van der Waals surface area contributed by atoms with Crippen molar-refractivity contribution < 1.29 is 0 Å². The van der Waals surface area contributed by atoms with Crippen LogP contribution in [0.3, 0.4) is 0 Å². The Bertz CT molecular complexity index is 2700. The lowest BCUT2D eigenvalue weighted by Gasteiger charge is -2.33. The number of aromatic nitrogens is 3. The van der Waals surface area contributed by atoms with Crippen LogP contribution in [0.15, 0.2) is 200 Å². The second kappa shape index (κ2) is 13.5. The quantitative estimate of drug-likeness (QED) is 0.166. The average Bonchev–Trinajstić information content (AvgIpc) is 3.58. The summed E-state index contributed by atoms with van der Waals surface area (Å²) in [5.41, 5.74) is 14.3. The van der Waals surface area contributed by atoms with Gasteiger partial charge >= 0.3 is 0 Å². The number of rotatable bonds is 7. The molecule has 0 radical (unpaired) electrons. The van der Waals surface area contributed by atoms with Gasteiger partial charge in [-0.05, 0) is 92.0 Å². The van der Waals surface area contributed by atoms with Crippen molar-refractivity contribution in [3.05, 3.63) is 235 Å². The van der Waals surface area contributed by atoms with Crippen molar-refractivity contribution in [1.82, 2.24) is 15.0 Å². The molecule has 1 aliphatic rings. The van der Waals surface area contributed by atoms with Crippen LogP contribution in [0.5, 0.6) is 0 Å². The van der Waals surface area contributed by atoms with E-state index in [1.165, 1.54) is 33.4 Å². The van der Waals surface area contributed by atoms with Crippen molar-refractivity contribution in [2.24, 2.45) is 0 Å². The summed E-state index contributed by atoms with van der Waals surface area (Å²) in [6.45, 7) is 0. The summed E-state index contributed by atoms with van der Waals surface area (Å²) >= 11 is 0. The van der Waals surface area contributed by atoms with Crippen LogP contribution in [0.2, 0.25) is 0 Å². The minimum atomic E-state index is -0.498. The molecule has 0 bridgehead atoms. The molecule has 55 heavy (non-hydrogen) atoms. The van der Waals surface area contributed by atoms with Gasteiger partial charge in [0.25, 0.3) is 0 Å². The molecule has 0 N–H and O–H groups in total. The van der Waals surface area contributed by atoms with Crippen LogP contribution in [-0.4, -0.2) is 15.0 Å². The smallest absolute Gasteiger partial charge is 0.164 e. The van der Waals surface area contributed by atoms with Gasteiger partial charge in [-0.1, -0.05) is 176 Å². The number of benzene rings is 7. The van der Waals surface area contributed by atoms with Crippen molar-refractivity contribution >= 4 is 0 Å². The molecule has 1 aliphatic carbocycles. The SMILES string of the molecule is c1ccc(C2(c3ccccc3)c3ccccc3-c3ccc(-c4cccc(-c5cccc(-c6nc(-c7ccccc7)nc(-c7ccccc7)n6)c5)c4)cc32)cc#1. The maximum atomic E-state index is 4.99. The minimum Gasteiger partial charge on any atom is -0.208 e. The molecule has 1 aromatic heterocycles. The molecule has 0 spiro atoms. The highest BCUT2D eigenvalue weighted by molar-refractivity contribution is 5.89. The molecule has 0 saturated heterocycles. The van der Waals surface area contributed by atoms with E-state index >= 15 is 0 Å². The monoisotopic (exact) mass is 699 g/mol. The normalized spacial score (nSPS) is 12.4. The van der Waals surface area contributed by atoms with Crippen molar-refractivity contribution in [2.45, 2.75) is 5.41 Å². The third-order valence-corrected chi connectivity index (χ3v) is 10.7. The maximum absolute atomic E-state index is 4.99. The van der Waals surface area contributed by atoms with E-state index in [2.05, 4.69) is 146 Å². The molecule has 0 fully saturated rings. The minimum absolute atomic E-state index is 0.498. The van der Waals surface area contributed by atoms with E-state index in [4.69, 9.17) is 15.0 Å². The summed E-state index contributed by atoms with van der Waals surface area (Å²) in [5, 5.41) is 0. The molecule has 9 aromatic rings. The van der Waals surface area contributed by atoms with Gasteiger partial charge in [0.2, 0.25) is 0 Å². The molecule has 0 amide bonds. The summed E-state index contributed by atoms with van der Waals surface area (Å²) in [7, 11) is 0. The van der Waals surface area contributed by atoms with Gasteiger partial charge < -0.3 is 0 Å². The van der Waals surface area contributed by atoms with Crippen LogP contribution in [-0.2, 0) is 5.41 Å². The standard InChI is InChI=1S/C52H33N3/c1-5-17-36(18-6-1)49-53-50(37-19-7-2-8-20-37)55-51(54-49)42-24-16-23-40(34-42)38-21-15-22-39(33-38)41-31-32-46-45-29-13-14-30-47(45)52(48(46)35-41,43-25-9-3-10-26-43)44-27-11-4-12-28-44/h1-3,5-11,13-35H. The van der Waals surface area contributed by atoms with E-state index in [1.54, 1.807) is 0 Å². The summed E-state index contributed by atoms with van der Waals surface area (Å²) < 4.78 is 0. The van der Waals surface area contributed by atoms with E-state index in [0.717, 1.165) is 38.9 Å².